The number of nitriles is 1. The SMILES string of the molecule is CC1CCCN(S(=O)(=O)c2cccc(F)c2C#N)C1CN. The summed E-state index contributed by atoms with van der Waals surface area (Å²) in [6, 6.07) is 4.97. The van der Waals surface area contributed by atoms with E-state index in [0.717, 1.165) is 18.9 Å². The minimum atomic E-state index is -3.93. The van der Waals surface area contributed by atoms with Crippen molar-refractivity contribution in [2.45, 2.75) is 30.7 Å². The molecule has 0 aliphatic carbocycles. The summed E-state index contributed by atoms with van der Waals surface area (Å²) in [4.78, 5) is -0.280. The molecule has 2 unspecified atom stereocenters. The number of hydrogen-bond acceptors (Lipinski definition) is 4. The molecule has 1 aromatic rings. The lowest BCUT2D eigenvalue weighted by Gasteiger charge is -2.38. The fraction of sp³-hybridized carbons (Fsp3) is 0.500. The molecule has 2 rings (SSSR count). The fourth-order valence-electron chi connectivity index (χ4n) is 2.81. The molecule has 5 nitrogen and oxygen atoms in total. The first-order valence-corrected chi connectivity index (χ1v) is 8.28. The zero-order chi connectivity index (χ0) is 15.6. The van der Waals surface area contributed by atoms with Gasteiger partial charge in [0.25, 0.3) is 0 Å². The van der Waals surface area contributed by atoms with Crippen molar-refractivity contribution >= 4 is 10.0 Å². The standard InChI is InChI=1S/C14H18FN3O2S/c1-10-4-3-7-18(13(10)9-17)21(19,20)14-6-2-5-12(15)11(14)8-16/h2,5-6,10,13H,3-4,7,9,17H2,1H3. The van der Waals surface area contributed by atoms with Crippen LogP contribution in [0.3, 0.4) is 0 Å². The summed E-state index contributed by atoms with van der Waals surface area (Å²) in [5.41, 5.74) is 5.28. The Morgan fingerprint density at radius 2 is 2.24 bits per heavy atom. The second-order valence-electron chi connectivity index (χ2n) is 5.26. The third-order valence-corrected chi connectivity index (χ3v) is 5.95. The van der Waals surface area contributed by atoms with Gasteiger partial charge in [-0.3, -0.25) is 0 Å². The molecule has 1 heterocycles. The first-order chi connectivity index (χ1) is 9.93. The summed E-state index contributed by atoms with van der Waals surface area (Å²) in [7, 11) is -3.93. The molecule has 1 saturated heterocycles. The van der Waals surface area contributed by atoms with Crippen LogP contribution in [0.4, 0.5) is 4.39 Å². The summed E-state index contributed by atoms with van der Waals surface area (Å²) >= 11 is 0. The largest absolute Gasteiger partial charge is 0.329 e. The third-order valence-electron chi connectivity index (χ3n) is 3.98. The van der Waals surface area contributed by atoms with Crippen LogP contribution >= 0.6 is 0 Å². The van der Waals surface area contributed by atoms with Crippen molar-refractivity contribution in [3.05, 3.63) is 29.6 Å². The molecular weight excluding hydrogens is 293 g/mol. The molecular formula is C14H18FN3O2S. The number of nitrogens with two attached hydrogens (primary N) is 1. The first kappa shape index (κ1) is 15.9. The zero-order valence-corrected chi connectivity index (χ0v) is 12.6. The van der Waals surface area contributed by atoms with Crippen LogP contribution in [-0.2, 0) is 10.0 Å². The summed E-state index contributed by atoms with van der Waals surface area (Å²) in [5.74, 6) is -0.689. The lowest BCUT2D eigenvalue weighted by atomic mass is 9.93. The highest BCUT2D eigenvalue weighted by molar-refractivity contribution is 7.89. The van der Waals surface area contributed by atoms with Crippen molar-refractivity contribution in [2.24, 2.45) is 11.7 Å². The van der Waals surface area contributed by atoms with Crippen molar-refractivity contribution < 1.29 is 12.8 Å². The van der Waals surface area contributed by atoms with E-state index in [1.807, 2.05) is 6.92 Å². The van der Waals surface area contributed by atoms with Crippen LogP contribution in [0.5, 0.6) is 0 Å². The minimum absolute atomic E-state index is 0.137. The van der Waals surface area contributed by atoms with Crippen LogP contribution in [0, 0.1) is 23.1 Å². The Hall–Kier alpha value is -1.49. The Kier molecular flexibility index (Phi) is 4.61. The second kappa shape index (κ2) is 6.10. The van der Waals surface area contributed by atoms with Crippen molar-refractivity contribution in [2.75, 3.05) is 13.1 Å². The van der Waals surface area contributed by atoms with Crippen LogP contribution < -0.4 is 5.73 Å². The topological polar surface area (TPSA) is 87.2 Å². The van der Waals surface area contributed by atoms with Gasteiger partial charge in [-0.05, 0) is 30.9 Å². The molecule has 1 aromatic carbocycles. The molecule has 114 valence electrons. The van der Waals surface area contributed by atoms with Gasteiger partial charge in [-0.25, -0.2) is 12.8 Å². The van der Waals surface area contributed by atoms with E-state index < -0.39 is 21.4 Å². The molecule has 1 aliphatic heterocycles. The van der Waals surface area contributed by atoms with Crippen LogP contribution in [0.15, 0.2) is 23.1 Å². The highest BCUT2D eigenvalue weighted by atomic mass is 32.2. The molecule has 0 aromatic heterocycles. The van der Waals surface area contributed by atoms with Crippen LogP contribution in [0.25, 0.3) is 0 Å². The predicted octanol–water partition coefficient (Wildman–Crippen LogP) is 1.45. The van der Waals surface area contributed by atoms with Gasteiger partial charge in [-0.15, -0.1) is 0 Å². The number of sulfonamides is 1. The average molecular weight is 311 g/mol. The molecule has 0 radical (unpaired) electrons. The quantitative estimate of drug-likeness (QED) is 0.915. The zero-order valence-electron chi connectivity index (χ0n) is 11.8. The maximum absolute atomic E-state index is 13.7. The van der Waals surface area contributed by atoms with E-state index in [1.165, 1.54) is 16.4 Å². The fourth-order valence-corrected chi connectivity index (χ4v) is 4.74. The molecule has 2 N–H and O–H groups in total. The van der Waals surface area contributed by atoms with E-state index in [0.29, 0.717) is 6.54 Å². The summed E-state index contributed by atoms with van der Waals surface area (Å²) in [6.45, 7) is 2.50. The minimum Gasteiger partial charge on any atom is -0.329 e. The van der Waals surface area contributed by atoms with Gasteiger partial charge >= 0.3 is 0 Å². The molecule has 21 heavy (non-hydrogen) atoms. The molecule has 1 aliphatic rings. The van der Waals surface area contributed by atoms with Crippen LogP contribution in [-0.4, -0.2) is 31.9 Å². The molecule has 2 atom stereocenters. The van der Waals surface area contributed by atoms with Gasteiger partial charge in [-0.1, -0.05) is 13.0 Å². The van der Waals surface area contributed by atoms with Crippen molar-refractivity contribution in [1.82, 2.24) is 4.31 Å². The van der Waals surface area contributed by atoms with E-state index in [2.05, 4.69) is 0 Å². The van der Waals surface area contributed by atoms with Crippen molar-refractivity contribution in [3.8, 4) is 6.07 Å². The number of rotatable bonds is 3. The molecule has 1 fully saturated rings. The first-order valence-electron chi connectivity index (χ1n) is 6.84. The number of nitrogens with zero attached hydrogens (tertiary/aromatic N) is 2. The van der Waals surface area contributed by atoms with Gasteiger partial charge in [0.2, 0.25) is 10.0 Å². The van der Waals surface area contributed by atoms with E-state index in [9.17, 15) is 12.8 Å². The van der Waals surface area contributed by atoms with Gasteiger partial charge in [-0.2, -0.15) is 9.57 Å². The maximum atomic E-state index is 13.7. The summed E-state index contributed by atoms with van der Waals surface area (Å²) in [6.07, 6.45) is 1.64. The summed E-state index contributed by atoms with van der Waals surface area (Å²) < 4.78 is 40.6. The van der Waals surface area contributed by atoms with E-state index >= 15 is 0 Å². The number of benzene rings is 1. The lowest BCUT2D eigenvalue weighted by Crippen LogP contribution is -2.51. The van der Waals surface area contributed by atoms with E-state index in [1.54, 1.807) is 6.07 Å². The molecule has 7 heteroatoms. The van der Waals surface area contributed by atoms with Crippen LogP contribution in [0.1, 0.15) is 25.3 Å². The normalized spacial score (nSPS) is 23.7. The van der Waals surface area contributed by atoms with Gasteiger partial charge < -0.3 is 5.73 Å². The second-order valence-corrected chi connectivity index (χ2v) is 7.12. The number of hydrogen-bond donors (Lipinski definition) is 1. The van der Waals surface area contributed by atoms with Crippen LogP contribution in [0.2, 0.25) is 0 Å². The Bertz CT molecular complexity index is 669. The maximum Gasteiger partial charge on any atom is 0.244 e. The van der Waals surface area contributed by atoms with E-state index in [4.69, 9.17) is 11.0 Å². The Labute approximate surface area is 124 Å². The van der Waals surface area contributed by atoms with Gasteiger partial charge in [0.05, 0.1) is 0 Å². The Morgan fingerprint density at radius 1 is 1.52 bits per heavy atom. The van der Waals surface area contributed by atoms with E-state index in [-0.39, 0.29) is 23.4 Å². The Morgan fingerprint density at radius 3 is 2.86 bits per heavy atom. The molecule has 0 amide bonds. The number of halogens is 1. The summed E-state index contributed by atoms with van der Waals surface area (Å²) in [5, 5.41) is 9.04. The highest BCUT2D eigenvalue weighted by Crippen LogP contribution is 2.30. The molecule has 0 spiro atoms. The monoisotopic (exact) mass is 311 g/mol. The average Bonchev–Trinajstić information content (AvgIpc) is 2.46. The Balaban J connectivity index is 2.52. The lowest BCUT2D eigenvalue weighted by molar-refractivity contribution is 0.192. The number of piperidine rings is 1. The predicted molar refractivity (Wildman–Crippen MR) is 76.2 cm³/mol. The molecule has 0 saturated carbocycles. The van der Waals surface area contributed by atoms with Gasteiger partial charge in [0, 0.05) is 19.1 Å². The third kappa shape index (κ3) is 2.79. The highest BCUT2D eigenvalue weighted by Gasteiger charge is 2.37. The van der Waals surface area contributed by atoms with Crippen molar-refractivity contribution in [1.29, 1.82) is 5.26 Å². The van der Waals surface area contributed by atoms with Crippen molar-refractivity contribution in [3.63, 3.8) is 0 Å². The smallest absolute Gasteiger partial charge is 0.244 e. The molecule has 0 bridgehead atoms. The van der Waals surface area contributed by atoms with Gasteiger partial charge in [0.1, 0.15) is 22.3 Å². The van der Waals surface area contributed by atoms with Gasteiger partial charge in [0.15, 0.2) is 0 Å².